The Balaban J connectivity index is 2.89. The van der Waals surface area contributed by atoms with E-state index in [2.05, 4.69) is 34.0 Å². The van der Waals surface area contributed by atoms with Gasteiger partial charge in [0.25, 0.3) is 0 Å². The Morgan fingerprint density at radius 2 is 2.16 bits per heavy atom. The lowest BCUT2D eigenvalue weighted by molar-refractivity contribution is 0.182. The van der Waals surface area contributed by atoms with Crippen LogP contribution in [-0.4, -0.2) is 36.5 Å². The van der Waals surface area contributed by atoms with Crippen LogP contribution < -0.4 is 5.73 Å². The zero-order valence-corrected chi connectivity index (χ0v) is 14.1. The summed E-state index contributed by atoms with van der Waals surface area (Å²) < 4.78 is 14.9. The zero-order valence-electron chi connectivity index (χ0n) is 11.7. The van der Waals surface area contributed by atoms with Crippen LogP contribution in [-0.2, 0) is 0 Å². The lowest BCUT2D eigenvalue weighted by Gasteiger charge is -2.33. The molecule has 0 aliphatic carbocycles. The standard InChI is InChI=1S/C14H22BrFN2S/c1-10(6-7-19-3)18(2)14(9-17)12-8-11(15)4-5-13(12)16/h4-5,8,10,14H,6-7,9,17H2,1-3H3. The van der Waals surface area contributed by atoms with E-state index in [0.717, 1.165) is 16.6 Å². The van der Waals surface area contributed by atoms with E-state index in [1.54, 1.807) is 6.07 Å². The number of nitrogens with zero attached hydrogens (tertiary/aromatic N) is 1. The highest BCUT2D eigenvalue weighted by atomic mass is 79.9. The van der Waals surface area contributed by atoms with Gasteiger partial charge in [-0.3, -0.25) is 4.90 Å². The molecule has 2 unspecified atom stereocenters. The summed E-state index contributed by atoms with van der Waals surface area (Å²) in [5.41, 5.74) is 6.52. The van der Waals surface area contributed by atoms with Crippen molar-refractivity contribution >= 4 is 27.7 Å². The van der Waals surface area contributed by atoms with Gasteiger partial charge in [0.15, 0.2) is 0 Å². The fourth-order valence-electron chi connectivity index (χ4n) is 2.08. The number of likely N-dealkylation sites (N-methyl/N-ethyl adjacent to an activating group) is 1. The maximum atomic E-state index is 14.0. The predicted molar refractivity (Wildman–Crippen MR) is 86.1 cm³/mol. The topological polar surface area (TPSA) is 29.3 Å². The van der Waals surface area contributed by atoms with E-state index in [9.17, 15) is 4.39 Å². The van der Waals surface area contributed by atoms with Gasteiger partial charge in [-0.2, -0.15) is 11.8 Å². The van der Waals surface area contributed by atoms with E-state index >= 15 is 0 Å². The van der Waals surface area contributed by atoms with Gasteiger partial charge in [-0.25, -0.2) is 4.39 Å². The SMILES string of the molecule is CSCCC(C)N(C)C(CN)c1cc(Br)ccc1F. The molecule has 0 spiro atoms. The Bertz CT molecular complexity index is 403. The van der Waals surface area contributed by atoms with Crippen LogP contribution in [0.15, 0.2) is 22.7 Å². The van der Waals surface area contributed by atoms with Gasteiger partial charge in [0.05, 0.1) is 0 Å². The highest BCUT2D eigenvalue weighted by Crippen LogP contribution is 2.27. The summed E-state index contributed by atoms with van der Waals surface area (Å²) in [4.78, 5) is 2.17. The van der Waals surface area contributed by atoms with E-state index in [0.29, 0.717) is 18.2 Å². The van der Waals surface area contributed by atoms with Crippen LogP contribution in [0.25, 0.3) is 0 Å². The van der Waals surface area contributed by atoms with Gasteiger partial charge in [0, 0.05) is 28.7 Å². The minimum atomic E-state index is -0.192. The van der Waals surface area contributed by atoms with Gasteiger partial charge in [0.1, 0.15) is 5.82 Å². The van der Waals surface area contributed by atoms with E-state index in [4.69, 9.17) is 5.73 Å². The smallest absolute Gasteiger partial charge is 0.128 e. The van der Waals surface area contributed by atoms with E-state index in [-0.39, 0.29) is 11.9 Å². The molecular weight excluding hydrogens is 327 g/mol. The fourth-order valence-corrected chi connectivity index (χ4v) is 3.04. The zero-order chi connectivity index (χ0) is 14.4. The Labute approximate surface area is 128 Å². The molecule has 0 aromatic heterocycles. The first kappa shape index (κ1) is 17.0. The Morgan fingerprint density at radius 3 is 2.74 bits per heavy atom. The fraction of sp³-hybridized carbons (Fsp3) is 0.571. The molecule has 0 aliphatic heterocycles. The van der Waals surface area contributed by atoms with Gasteiger partial charge in [-0.15, -0.1) is 0 Å². The second-order valence-corrected chi connectivity index (χ2v) is 6.61. The molecule has 2 atom stereocenters. The molecule has 1 aromatic rings. The average Bonchev–Trinajstić information content (AvgIpc) is 2.40. The summed E-state index contributed by atoms with van der Waals surface area (Å²) in [6.07, 6.45) is 3.17. The van der Waals surface area contributed by atoms with Crippen molar-refractivity contribution in [1.29, 1.82) is 0 Å². The molecular formula is C14H22BrFN2S. The first-order chi connectivity index (χ1) is 9.01. The largest absolute Gasteiger partial charge is 0.329 e. The Kier molecular flexibility index (Phi) is 7.36. The van der Waals surface area contributed by atoms with Crippen molar-refractivity contribution in [2.75, 3.05) is 25.6 Å². The minimum absolute atomic E-state index is 0.0886. The van der Waals surface area contributed by atoms with Crippen molar-refractivity contribution in [3.05, 3.63) is 34.1 Å². The number of hydrogen-bond donors (Lipinski definition) is 1. The molecule has 108 valence electrons. The molecule has 0 saturated carbocycles. The van der Waals surface area contributed by atoms with Crippen molar-refractivity contribution in [3.63, 3.8) is 0 Å². The van der Waals surface area contributed by atoms with E-state index in [1.165, 1.54) is 6.07 Å². The van der Waals surface area contributed by atoms with Crippen molar-refractivity contribution in [3.8, 4) is 0 Å². The maximum Gasteiger partial charge on any atom is 0.128 e. The summed E-state index contributed by atoms with van der Waals surface area (Å²) in [6.45, 7) is 2.57. The average molecular weight is 349 g/mol. The third-order valence-electron chi connectivity index (χ3n) is 3.47. The molecule has 0 saturated heterocycles. The molecule has 2 nitrogen and oxygen atoms in total. The van der Waals surface area contributed by atoms with Crippen LogP contribution in [0.5, 0.6) is 0 Å². The number of thioether (sulfide) groups is 1. The summed E-state index contributed by atoms with van der Waals surface area (Å²) in [6, 6.07) is 5.31. The van der Waals surface area contributed by atoms with Crippen LogP contribution in [0.4, 0.5) is 4.39 Å². The van der Waals surface area contributed by atoms with Crippen molar-refractivity contribution in [2.45, 2.75) is 25.4 Å². The van der Waals surface area contributed by atoms with Crippen molar-refractivity contribution < 1.29 is 4.39 Å². The lowest BCUT2D eigenvalue weighted by atomic mass is 10.0. The van der Waals surface area contributed by atoms with Crippen LogP contribution in [0.1, 0.15) is 24.9 Å². The molecule has 1 aromatic carbocycles. The predicted octanol–water partition coefficient (Wildman–Crippen LogP) is 3.66. The molecule has 0 amide bonds. The third kappa shape index (κ3) is 4.74. The molecule has 0 bridgehead atoms. The molecule has 1 rings (SSSR count). The van der Waals surface area contributed by atoms with Gasteiger partial charge in [-0.05, 0) is 50.6 Å². The highest BCUT2D eigenvalue weighted by molar-refractivity contribution is 9.10. The van der Waals surface area contributed by atoms with E-state index in [1.807, 2.05) is 24.9 Å². The molecule has 2 N–H and O–H groups in total. The molecule has 19 heavy (non-hydrogen) atoms. The summed E-state index contributed by atoms with van der Waals surface area (Å²) >= 11 is 5.22. The number of hydrogen-bond acceptors (Lipinski definition) is 3. The number of rotatable bonds is 7. The molecule has 0 heterocycles. The lowest BCUT2D eigenvalue weighted by Crippen LogP contribution is -2.37. The number of nitrogens with two attached hydrogens (primary N) is 1. The van der Waals surface area contributed by atoms with Crippen LogP contribution >= 0.6 is 27.7 Å². The summed E-state index contributed by atoms with van der Waals surface area (Å²) in [5, 5.41) is 0. The van der Waals surface area contributed by atoms with Crippen LogP contribution in [0.3, 0.4) is 0 Å². The number of benzene rings is 1. The maximum absolute atomic E-state index is 14.0. The van der Waals surface area contributed by atoms with Crippen molar-refractivity contribution in [2.24, 2.45) is 5.73 Å². The molecule has 5 heteroatoms. The molecule has 0 fully saturated rings. The molecule has 0 aliphatic rings. The van der Waals surface area contributed by atoms with Gasteiger partial charge in [-0.1, -0.05) is 15.9 Å². The molecule has 0 radical (unpaired) electrons. The number of halogens is 2. The first-order valence-corrected chi connectivity index (χ1v) is 8.55. The van der Waals surface area contributed by atoms with Gasteiger partial charge in [0.2, 0.25) is 0 Å². The highest BCUT2D eigenvalue weighted by Gasteiger charge is 2.22. The van der Waals surface area contributed by atoms with Gasteiger partial charge < -0.3 is 5.73 Å². The summed E-state index contributed by atoms with van der Waals surface area (Å²) in [7, 11) is 2.02. The second-order valence-electron chi connectivity index (χ2n) is 4.71. The monoisotopic (exact) mass is 348 g/mol. The van der Waals surface area contributed by atoms with Crippen LogP contribution in [0, 0.1) is 5.82 Å². The van der Waals surface area contributed by atoms with Gasteiger partial charge >= 0.3 is 0 Å². The Hall–Kier alpha value is -0.100. The Morgan fingerprint density at radius 1 is 1.47 bits per heavy atom. The first-order valence-electron chi connectivity index (χ1n) is 6.37. The third-order valence-corrected chi connectivity index (χ3v) is 4.60. The normalized spacial score (nSPS) is 14.7. The quantitative estimate of drug-likeness (QED) is 0.815. The van der Waals surface area contributed by atoms with Crippen molar-refractivity contribution in [1.82, 2.24) is 4.90 Å². The summed E-state index contributed by atoms with van der Waals surface area (Å²) in [5.74, 6) is 0.909. The minimum Gasteiger partial charge on any atom is -0.329 e. The van der Waals surface area contributed by atoms with Crippen LogP contribution in [0.2, 0.25) is 0 Å². The second kappa shape index (κ2) is 8.25. The van der Waals surface area contributed by atoms with E-state index < -0.39 is 0 Å².